The van der Waals surface area contributed by atoms with Crippen molar-refractivity contribution in [1.29, 1.82) is 0 Å². The quantitative estimate of drug-likeness (QED) is 0.316. The van der Waals surface area contributed by atoms with Gasteiger partial charge in [-0.15, -0.1) is 0 Å². The maximum Gasteiger partial charge on any atom is 0.257 e. The fraction of sp³-hybridized carbons (Fsp3) is 0.296. The Morgan fingerprint density at radius 2 is 1.89 bits per heavy atom. The molecule has 2 heterocycles. The number of benzene rings is 2. The number of anilines is 1. The fourth-order valence-corrected chi connectivity index (χ4v) is 6.02. The summed E-state index contributed by atoms with van der Waals surface area (Å²) in [4.78, 5) is 34.3. The van der Waals surface area contributed by atoms with E-state index in [2.05, 4.69) is 24.1 Å². The van der Waals surface area contributed by atoms with Gasteiger partial charge in [0.2, 0.25) is 0 Å². The third-order valence-electron chi connectivity index (χ3n) is 6.49. The number of rotatable bonds is 4. The number of carbonyl (C=O) groups excluding carboxylic acids is 1. The first-order valence-corrected chi connectivity index (χ1v) is 12.8. The minimum absolute atomic E-state index is 0.0591. The Labute approximate surface area is 212 Å². The number of Topliss-reactive ketones (excluding diaryl/α,β-unsaturated/α-hetero) is 1. The van der Waals surface area contributed by atoms with Crippen LogP contribution in [-0.4, -0.2) is 15.8 Å². The van der Waals surface area contributed by atoms with Crippen LogP contribution in [0.3, 0.4) is 0 Å². The molecule has 0 saturated heterocycles. The van der Waals surface area contributed by atoms with Crippen LogP contribution in [0.5, 0.6) is 0 Å². The predicted octanol–water partition coefficient (Wildman–Crippen LogP) is 6.36. The first kappa shape index (κ1) is 23.8. The second-order valence-electron chi connectivity index (χ2n) is 9.96. The van der Waals surface area contributed by atoms with Gasteiger partial charge in [0.05, 0.1) is 5.56 Å². The summed E-state index contributed by atoms with van der Waals surface area (Å²) in [6.45, 7) is 6.15. The number of nitrogens with one attached hydrogen (secondary N) is 2. The highest BCUT2D eigenvalue weighted by atomic mass is 35.5. The minimum atomic E-state index is -0.479. The maximum absolute atomic E-state index is 13.4. The van der Waals surface area contributed by atoms with Crippen molar-refractivity contribution in [2.75, 3.05) is 5.32 Å². The maximum atomic E-state index is 13.4. The Balaban J connectivity index is 1.57. The van der Waals surface area contributed by atoms with E-state index in [1.54, 1.807) is 6.07 Å². The van der Waals surface area contributed by atoms with Crippen molar-refractivity contribution in [2.45, 2.75) is 50.4 Å². The van der Waals surface area contributed by atoms with E-state index in [1.807, 2.05) is 31.2 Å². The molecule has 1 atom stereocenters. The van der Waals surface area contributed by atoms with E-state index >= 15 is 0 Å². The number of carbonyl (C=O) groups is 1. The highest BCUT2D eigenvalue weighted by Crippen LogP contribution is 2.47. The number of thioether (sulfide) groups is 1. The smallest absolute Gasteiger partial charge is 0.257 e. The molecule has 180 valence electrons. The molecule has 2 aliphatic rings. The van der Waals surface area contributed by atoms with E-state index < -0.39 is 11.7 Å². The molecule has 1 aliphatic carbocycles. The van der Waals surface area contributed by atoms with Crippen LogP contribution >= 0.6 is 23.4 Å². The number of halogens is 2. The molecular formula is C27H25ClFN3O2S. The molecule has 1 aliphatic heterocycles. The number of H-pyrrole nitrogens is 1. The van der Waals surface area contributed by atoms with Crippen molar-refractivity contribution in [3.05, 3.63) is 97.2 Å². The summed E-state index contributed by atoms with van der Waals surface area (Å²) in [5.74, 6) is 0.0682. The van der Waals surface area contributed by atoms with Gasteiger partial charge in [0.15, 0.2) is 10.9 Å². The molecule has 5 nitrogen and oxygen atoms in total. The van der Waals surface area contributed by atoms with Gasteiger partial charge in [-0.2, -0.15) is 0 Å². The third-order valence-corrected chi connectivity index (χ3v) is 7.76. The van der Waals surface area contributed by atoms with Gasteiger partial charge in [0, 0.05) is 34.4 Å². The Morgan fingerprint density at radius 1 is 1.14 bits per heavy atom. The summed E-state index contributed by atoms with van der Waals surface area (Å²) >= 11 is 7.47. The van der Waals surface area contributed by atoms with Crippen LogP contribution in [0.4, 0.5) is 10.2 Å². The van der Waals surface area contributed by atoms with Gasteiger partial charge in [-0.3, -0.25) is 9.59 Å². The number of aryl methyl sites for hydroxylation is 1. The van der Waals surface area contributed by atoms with Crippen molar-refractivity contribution in [3.63, 3.8) is 0 Å². The third kappa shape index (κ3) is 4.67. The second kappa shape index (κ2) is 8.95. The van der Waals surface area contributed by atoms with Crippen LogP contribution in [0.2, 0.25) is 5.02 Å². The number of aromatic amines is 1. The molecule has 2 aromatic carbocycles. The lowest BCUT2D eigenvalue weighted by molar-refractivity contribution is -0.118. The highest BCUT2D eigenvalue weighted by Gasteiger charge is 2.42. The molecule has 0 saturated carbocycles. The Morgan fingerprint density at radius 3 is 2.60 bits per heavy atom. The lowest BCUT2D eigenvalue weighted by atomic mass is 9.69. The molecule has 1 aromatic heterocycles. The van der Waals surface area contributed by atoms with Crippen LogP contribution in [-0.2, 0) is 10.5 Å². The Kier molecular flexibility index (Phi) is 6.09. The van der Waals surface area contributed by atoms with Crippen LogP contribution in [0, 0.1) is 18.2 Å². The zero-order valence-electron chi connectivity index (χ0n) is 19.7. The summed E-state index contributed by atoms with van der Waals surface area (Å²) in [6.07, 6.45) is 1.13. The standard InChI is InChI=1S/C27H25ClFN3O2S/c1-14-4-6-15(7-5-14)21-22-19(11-27(2,3)12-20(22)33)30-24-23(21)25(34)32-26(31-24)35-13-16-8-9-17(29)10-18(16)28/h4-10,21H,11-13H2,1-3H3,(H2,30,31,32,34)/t21-/m1/s1. The van der Waals surface area contributed by atoms with Gasteiger partial charge < -0.3 is 10.3 Å². The minimum Gasteiger partial charge on any atom is -0.343 e. The lowest BCUT2D eigenvalue weighted by Gasteiger charge is -2.38. The van der Waals surface area contributed by atoms with E-state index in [9.17, 15) is 14.0 Å². The van der Waals surface area contributed by atoms with E-state index in [4.69, 9.17) is 16.6 Å². The summed E-state index contributed by atoms with van der Waals surface area (Å²) < 4.78 is 13.4. The topological polar surface area (TPSA) is 74.8 Å². The molecule has 0 bridgehead atoms. The molecule has 5 rings (SSSR count). The van der Waals surface area contributed by atoms with Crippen molar-refractivity contribution in [3.8, 4) is 0 Å². The lowest BCUT2D eigenvalue weighted by Crippen LogP contribution is -2.37. The number of fused-ring (bicyclic) bond motifs is 1. The molecule has 8 heteroatoms. The number of ketones is 1. The summed E-state index contributed by atoms with van der Waals surface area (Å²) in [5.41, 5.74) is 4.21. The number of aromatic nitrogens is 2. The zero-order valence-corrected chi connectivity index (χ0v) is 21.2. The normalized spacial score (nSPS) is 18.7. The van der Waals surface area contributed by atoms with E-state index in [0.29, 0.717) is 45.7 Å². The van der Waals surface area contributed by atoms with Crippen molar-refractivity contribution in [2.24, 2.45) is 5.41 Å². The summed E-state index contributed by atoms with van der Waals surface area (Å²) in [7, 11) is 0. The number of allylic oxidation sites excluding steroid dienone is 2. The van der Waals surface area contributed by atoms with E-state index in [0.717, 1.165) is 22.4 Å². The van der Waals surface area contributed by atoms with Crippen LogP contribution < -0.4 is 10.9 Å². The number of hydrogen-bond acceptors (Lipinski definition) is 5. The SMILES string of the molecule is Cc1ccc([C@@H]2C3=C(CC(C)(C)CC3=O)Nc3nc(SCc4ccc(F)cc4Cl)[nH]c(=O)c32)cc1. The summed E-state index contributed by atoms with van der Waals surface area (Å²) in [6, 6.07) is 12.2. The molecule has 0 spiro atoms. The Bertz CT molecular complexity index is 1430. The summed E-state index contributed by atoms with van der Waals surface area (Å²) in [5, 5.41) is 4.09. The largest absolute Gasteiger partial charge is 0.343 e. The van der Waals surface area contributed by atoms with Gasteiger partial charge in [-0.1, -0.05) is 73.1 Å². The number of nitrogens with zero attached hydrogens (tertiary/aromatic N) is 1. The molecule has 3 aromatic rings. The molecule has 0 fully saturated rings. The monoisotopic (exact) mass is 509 g/mol. The molecule has 2 N–H and O–H groups in total. The van der Waals surface area contributed by atoms with Crippen molar-refractivity contribution < 1.29 is 9.18 Å². The van der Waals surface area contributed by atoms with Gasteiger partial charge in [0.1, 0.15) is 11.6 Å². The molecule has 35 heavy (non-hydrogen) atoms. The molecular weight excluding hydrogens is 485 g/mol. The second-order valence-corrected chi connectivity index (χ2v) is 11.3. The average Bonchev–Trinajstić information content (AvgIpc) is 2.77. The zero-order chi connectivity index (χ0) is 24.9. The predicted molar refractivity (Wildman–Crippen MR) is 138 cm³/mol. The molecule has 0 unspecified atom stereocenters. The van der Waals surface area contributed by atoms with Gasteiger partial charge >= 0.3 is 0 Å². The van der Waals surface area contributed by atoms with E-state index in [1.165, 1.54) is 23.9 Å². The molecule has 0 radical (unpaired) electrons. The van der Waals surface area contributed by atoms with E-state index in [-0.39, 0.29) is 16.8 Å². The average molecular weight is 510 g/mol. The van der Waals surface area contributed by atoms with Crippen LogP contribution in [0.25, 0.3) is 0 Å². The van der Waals surface area contributed by atoms with Crippen LogP contribution in [0.1, 0.15) is 54.9 Å². The first-order valence-electron chi connectivity index (χ1n) is 11.4. The highest BCUT2D eigenvalue weighted by molar-refractivity contribution is 7.98. The van der Waals surface area contributed by atoms with Crippen molar-refractivity contribution >= 4 is 35.0 Å². The van der Waals surface area contributed by atoms with Gasteiger partial charge in [0.25, 0.3) is 5.56 Å². The Hall–Kier alpha value is -2.90. The van der Waals surface area contributed by atoms with Crippen molar-refractivity contribution in [1.82, 2.24) is 9.97 Å². The van der Waals surface area contributed by atoms with Gasteiger partial charge in [-0.05, 0) is 42.0 Å². The van der Waals surface area contributed by atoms with Crippen LogP contribution in [0.15, 0.2) is 63.7 Å². The van der Waals surface area contributed by atoms with Gasteiger partial charge in [-0.25, -0.2) is 9.37 Å². The fourth-order valence-electron chi connectivity index (χ4n) is 4.84. The number of hydrogen-bond donors (Lipinski definition) is 2. The first-order chi connectivity index (χ1) is 16.6. The molecule has 0 amide bonds.